The minimum absolute atomic E-state index is 0.0218. The first-order valence-electron chi connectivity index (χ1n) is 3.50. The third-order valence-electron chi connectivity index (χ3n) is 2.66. The second-order valence-electron chi connectivity index (χ2n) is 3.35. The number of aliphatic hydroxyl groups is 1. The van der Waals surface area contributed by atoms with Crippen LogP contribution in [-0.4, -0.2) is 23.8 Å². The Labute approximate surface area is 59.0 Å². The zero-order valence-electron chi connectivity index (χ0n) is 5.83. The third kappa shape index (κ3) is 0.515. The van der Waals surface area contributed by atoms with Crippen molar-refractivity contribution >= 4 is 5.97 Å². The van der Waals surface area contributed by atoms with E-state index >= 15 is 0 Å². The van der Waals surface area contributed by atoms with Gasteiger partial charge in [0.1, 0.15) is 6.10 Å². The SMILES string of the molecule is C[C@]12C[C@H]1[C@@H](CO)OC2=O. The summed E-state index contributed by atoms with van der Waals surface area (Å²) in [6, 6.07) is 0. The van der Waals surface area contributed by atoms with E-state index in [1.807, 2.05) is 6.92 Å². The minimum atomic E-state index is -0.229. The Morgan fingerprint density at radius 1 is 1.90 bits per heavy atom. The lowest BCUT2D eigenvalue weighted by Gasteiger charge is -2.06. The highest BCUT2D eigenvalue weighted by Gasteiger charge is 2.66. The van der Waals surface area contributed by atoms with Gasteiger partial charge in [0.05, 0.1) is 12.0 Å². The maximum absolute atomic E-state index is 11.0. The van der Waals surface area contributed by atoms with Crippen molar-refractivity contribution in [2.24, 2.45) is 11.3 Å². The normalized spacial score (nSPS) is 50.4. The van der Waals surface area contributed by atoms with Crippen molar-refractivity contribution in [3.05, 3.63) is 0 Å². The second kappa shape index (κ2) is 1.53. The quantitative estimate of drug-likeness (QED) is 0.521. The number of carbonyl (C=O) groups is 1. The molecule has 0 spiro atoms. The lowest BCUT2D eigenvalue weighted by atomic mass is 10.1. The Morgan fingerprint density at radius 3 is 2.80 bits per heavy atom. The number of fused-ring (bicyclic) bond motifs is 1. The molecule has 0 amide bonds. The van der Waals surface area contributed by atoms with Crippen molar-refractivity contribution in [2.75, 3.05) is 6.61 Å². The molecule has 0 aromatic rings. The van der Waals surface area contributed by atoms with Crippen molar-refractivity contribution in [2.45, 2.75) is 19.4 Å². The number of rotatable bonds is 1. The van der Waals surface area contributed by atoms with E-state index in [4.69, 9.17) is 9.84 Å². The van der Waals surface area contributed by atoms with E-state index in [0.29, 0.717) is 5.92 Å². The molecule has 0 aromatic heterocycles. The molecule has 1 heterocycles. The topological polar surface area (TPSA) is 46.5 Å². The first-order chi connectivity index (χ1) is 4.68. The van der Waals surface area contributed by atoms with Crippen LogP contribution in [-0.2, 0) is 9.53 Å². The van der Waals surface area contributed by atoms with Gasteiger partial charge in [-0.3, -0.25) is 4.79 Å². The van der Waals surface area contributed by atoms with Crippen LogP contribution < -0.4 is 0 Å². The molecule has 3 atom stereocenters. The number of hydrogen-bond donors (Lipinski definition) is 1. The average molecular weight is 142 g/mol. The van der Waals surface area contributed by atoms with E-state index in [1.165, 1.54) is 0 Å². The van der Waals surface area contributed by atoms with Crippen molar-refractivity contribution in [1.29, 1.82) is 0 Å². The molecular weight excluding hydrogens is 132 g/mol. The number of esters is 1. The molecule has 10 heavy (non-hydrogen) atoms. The molecule has 1 aliphatic heterocycles. The molecule has 3 nitrogen and oxygen atoms in total. The number of hydrogen-bond acceptors (Lipinski definition) is 3. The first-order valence-corrected chi connectivity index (χ1v) is 3.50. The zero-order valence-corrected chi connectivity index (χ0v) is 5.83. The molecule has 56 valence electrons. The molecule has 3 heteroatoms. The van der Waals surface area contributed by atoms with Gasteiger partial charge in [-0.2, -0.15) is 0 Å². The van der Waals surface area contributed by atoms with Crippen LogP contribution in [0.25, 0.3) is 0 Å². The molecule has 1 N–H and O–H groups in total. The van der Waals surface area contributed by atoms with Gasteiger partial charge >= 0.3 is 5.97 Å². The van der Waals surface area contributed by atoms with Crippen LogP contribution in [0.3, 0.4) is 0 Å². The highest BCUT2D eigenvalue weighted by atomic mass is 16.6. The number of aliphatic hydroxyl groups excluding tert-OH is 1. The molecule has 0 unspecified atom stereocenters. The summed E-state index contributed by atoms with van der Waals surface area (Å²) in [4.78, 5) is 11.0. The lowest BCUT2D eigenvalue weighted by molar-refractivity contribution is -0.149. The molecule has 1 saturated carbocycles. The molecule has 2 fully saturated rings. The maximum Gasteiger partial charge on any atom is 0.312 e. The monoisotopic (exact) mass is 142 g/mol. The average Bonchev–Trinajstić information content (AvgIpc) is 2.52. The standard InChI is InChI=1S/C7H10O3/c1-7-2-4(7)5(3-8)10-6(7)9/h4-5,8H,2-3H2,1H3/t4-,5+,7-/m0/s1. The van der Waals surface area contributed by atoms with Gasteiger partial charge in [0.25, 0.3) is 0 Å². The first kappa shape index (κ1) is 6.16. The summed E-state index contributed by atoms with van der Waals surface area (Å²) in [5.41, 5.74) is -0.229. The highest BCUT2D eigenvalue weighted by molar-refractivity contribution is 5.83. The van der Waals surface area contributed by atoms with Gasteiger partial charge in [0.15, 0.2) is 0 Å². The molecule has 0 radical (unpaired) electrons. The highest BCUT2D eigenvalue weighted by Crippen LogP contribution is 2.60. The van der Waals surface area contributed by atoms with E-state index in [9.17, 15) is 4.79 Å². The van der Waals surface area contributed by atoms with Gasteiger partial charge in [-0.15, -0.1) is 0 Å². The fourth-order valence-corrected chi connectivity index (χ4v) is 1.69. The lowest BCUT2D eigenvalue weighted by Crippen LogP contribution is -2.17. The summed E-state index contributed by atoms with van der Waals surface area (Å²) in [6.45, 7) is 1.88. The Kier molecular flexibility index (Phi) is 0.944. The second-order valence-corrected chi connectivity index (χ2v) is 3.35. The van der Waals surface area contributed by atoms with Crippen LogP contribution in [0.2, 0.25) is 0 Å². The van der Waals surface area contributed by atoms with Crippen LogP contribution in [0, 0.1) is 11.3 Å². The van der Waals surface area contributed by atoms with E-state index in [1.54, 1.807) is 0 Å². The molecule has 0 bridgehead atoms. The van der Waals surface area contributed by atoms with Gasteiger partial charge in [-0.25, -0.2) is 0 Å². The number of carbonyl (C=O) groups excluding carboxylic acids is 1. The fourth-order valence-electron chi connectivity index (χ4n) is 1.69. The summed E-state index contributed by atoms with van der Waals surface area (Å²) in [6.07, 6.45) is 0.689. The third-order valence-corrected chi connectivity index (χ3v) is 2.66. The molecule has 1 aliphatic carbocycles. The Hall–Kier alpha value is -0.570. The molecule has 2 aliphatic rings. The number of cyclic esters (lactones) is 1. The fraction of sp³-hybridized carbons (Fsp3) is 0.857. The molecule has 2 rings (SSSR count). The number of ether oxygens (including phenoxy) is 1. The van der Waals surface area contributed by atoms with E-state index in [0.717, 1.165) is 6.42 Å². The van der Waals surface area contributed by atoms with Crippen LogP contribution in [0.15, 0.2) is 0 Å². The van der Waals surface area contributed by atoms with E-state index in [2.05, 4.69) is 0 Å². The van der Waals surface area contributed by atoms with Crippen molar-refractivity contribution in [1.82, 2.24) is 0 Å². The van der Waals surface area contributed by atoms with Crippen LogP contribution in [0.1, 0.15) is 13.3 Å². The van der Waals surface area contributed by atoms with E-state index in [-0.39, 0.29) is 24.1 Å². The van der Waals surface area contributed by atoms with Gasteiger partial charge < -0.3 is 9.84 Å². The summed E-state index contributed by atoms with van der Waals surface area (Å²) < 4.78 is 4.89. The molecule has 0 aromatic carbocycles. The summed E-state index contributed by atoms with van der Waals surface area (Å²) >= 11 is 0. The van der Waals surface area contributed by atoms with Crippen LogP contribution >= 0.6 is 0 Å². The Balaban J connectivity index is 2.17. The van der Waals surface area contributed by atoms with Gasteiger partial charge in [-0.05, 0) is 13.3 Å². The van der Waals surface area contributed by atoms with Crippen molar-refractivity contribution in [3.8, 4) is 0 Å². The summed E-state index contributed by atoms with van der Waals surface area (Å²) in [5.74, 6) is 0.168. The minimum Gasteiger partial charge on any atom is -0.459 e. The van der Waals surface area contributed by atoms with Gasteiger partial charge in [-0.1, -0.05) is 0 Å². The molecule has 1 saturated heterocycles. The Bertz CT molecular complexity index is 189. The molecular formula is C7H10O3. The van der Waals surface area contributed by atoms with E-state index < -0.39 is 0 Å². The largest absolute Gasteiger partial charge is 0.459 e. The van der Waals surface area contributed by atoms with Gasteiger partial charge in [0, 0.05) is 5.92 Å². The Morgan fingerprint density at radius 2 is 2.60 bits per heavy atom. The maximum atomic E-state index is 11.0. The van der Waals surface area contributed by atoms with Crippen molar-refractivity contribution in [3.63, 3.8) is 0 Å². The summed E-state index contributed by atoms with van der Waals surface area (Å²) in [7, 11) is 0. The van der Waals surface area contributed by atoms with Crippen LogP contribution in [0.5, 0.6) is 0 Å². The van der Waals surface area contributed by atoms with Crippen molar-refractivity contribution < 1.29 is 14.6 Å². The summed E-state index contributed by atoms with van der Waals surface area (Å²) in [5, 5.41) is 8.72. The van der Waals surface area contributed by atoms with Gasteiger partial charge in [0.2, 0.25) is 0 Å². The predicted molar refractivity (Wildman–Crippen MR) is 33.2 cm³/mol. The smallest absolute Gasteiger partial charge is 0.312 e. The zero-order chi connectivity index (χ0) is 7.35. The van der Waals surface area contributed by atoms with Crippen LogP contribution in [0.4, 0.5) is 0 Å². The predicted octanol–water partition coefficient (Wildman–Crippen LogP) is -0.0697.